The lowest BCUT2D eigenvalue weighted by Gasteiger charge is -2.46. The summed E-state index contributed by atoms with van der Waals surface area (Å²) in [6.07, 6.45) is 1.74. The number of rotatable bonds is 2. The minimum absolute atomic E-state index is 0.0225. The van der Waals surface area contributed by atoms with E-state index in [0.29, 0.717) is 10.9 Å². The Morgan fingerprint density at radius 1 is 1.38 bits per heavy atom. The molecule has 0 aromatic heterocycles. The van der Waals surface area contributed by atoms with Gasteiger partial charge in [-0.25, -0.2) is 0 Å². The van der Waals surface area contributed by atoms with Gasteiger partial charge in [0.25, 0.3) is 0 Å². The highest BCUT2D eigenvalue weighted by molar-refractivity contribution is 6.31. The van der Waals surface area contributed by atoms with E-state index in [1.54, 1.807) is 6.07 Å². The van der Waals surface area contributed by atoms with E-state index in [1.165, 1.54) is 0 Å². The Kier molecular flexibility index (Phi) is 4.64. The van der Waals surface area contributed by atoms with E-state index < -0.39 is 0 Å². The Labute approximate surface area is 132 Å². The number of aryl methyl sites for hydroxylation is 1. The van der Waals surface area contributed by atoms with Crippen molar-refractivity contribution in [2.45, 2.75) is 46.6 Å². The van der Waals surface area contributed by atoms with Crippen LogP contribution < -0.4 is 11.1 Å². The molecule has 1 fully saturated rings. The molecule has 3 N–H and O–H groups in total. The number of anilines is 1. The molecule has 1 aliphatic carbocycles. The molecule has 1 aromatic rings. The molecule has 1 aliphatic rings. The molecule has 3 atom stereocenters. The first-order valence-electron chi connectivity index (χ1n) is 7.56. The minimum Gasteiger partial charge on any atom is -0.327 e. The zero-order valence-electron chi connectivity index (χ0n) is 13.2. The first-order chi connectivity index (χ1) is 9.73. The Hall–Kier alpha value is -1.06. The SMILES string of the molecule is Cc1ccc(Cl)cc1NC(=O)C1CCC(N)C(C)C1(C)C. The molecule has 1 amide bonds. The fourth-order valence-corrected chi connectivity index (χ4v) is 3.44. The lowest BCUT2D eigenvalue weighted by Crippen LogP contribution is -2.50. The highest BCUT2D eigenvalue weighted by Crippen LogP contribution is 2.44. The summed E-state index contributed by atoms with van der Waals surface area (Å²) in [6.45, 7) is 8.41. The van der Waals surface area contributed by atoms with Gasteiger partial charge in [0, 0.05) is 22.7 Å². The van der Waals surface area contributed by atoms with Crippen molar-refractivity contribution in [1.29, 1.82) is 0 Å². The number of carbonyl (C=O) groups excluding carboxylic acids is 1. The number of amides is 1. The van der Waals surface area contributed by atoms with Crippen molar-refractivity contribution >= 4 is 23.2 Å². The van der Waals surface area contributed by atoms with Crippen LogP contribution in [0.3, 0.4) is 0 Å². The molecule has 2 rings (SSSR count). The summed E-state index contributed by atoms with van der Waals surface area (Å²) in [7, 11) is 0. The van der Waals surface area contributed by atoms with Crippen LogP contribution in [0, 0.1) is 24.2 Å². The first-order valence-corrected chi connectivity index (χ1v) is 7.94. The van der Waals surface area contributed by atoms with Gasteiger partial charge in [0.2, 0.25) is 5.91 Å². The lowest BCUT2D eigenvalue weighted by molar-refractivity contribution is -0.127. The third-order valence-electron chi connectivity index (χ3n) is 5.28. The van der Waals surface area contributed by atoms with Crippen molar-refractivity contribution in [1.82, 2.24) is 0 Å². The maximum Gasteiger partial charge on any atom is 0.228 e. The van der Waals surface area contributed by atoms with Crippen LogP contribution >= 0.6 is 11.6 Å². The molecule has 0 saturated heterocycles. The molecular formula is C17H25ClN2O. The second-order valence-electron chi connectivity index (χ2n) is 6.85. The maximum atomic E-state index is 12.7. The molecule has 3 unspecified atom stereocenters. The maximum absolute atomic E-state index is 12.7. The van der Waals surface area contributed by atoms with E-state index in [2.05, 4.69) is 26.1 Å². The van der Waals surface area contributed by atoms with Gasteiger partial charge in [-0.1, -0.05) is 38.4 Å². The van der Waals surface area contributed by atoms with Crippen LogP contribution in [0.15, 0.2) is 18.2 Å². The van der Waals surface area contributed by atoms with Gasteiger partial charge in [-0.15, -0.1) is 0 Å². The number of hydrogen-bond acceptors (Lipinski definition) is 2. The predicted octanol–water partition coefficient (Wildman–Crippen LogP) is 3.99. The predicted molar refractivity (Wildman–Crippen MR) is 88.5 cm³/mol. The monoisotopic (exact) mass is 308 g/mol. The van der Waals surface area contributed by atoms with Crippen molar-refractivity contribution in [3.05, 3.63) is 28.8 Å². The average Bonchev–Trinajstić information content (AvgIpc) is 2.40. The van der Waals surface area contributed by atoms with Gasteiger partial charge in [-0.05, 0) is 48.8 Å². The summed E-state index contributed by atoms with van der Waals surface area (Å²) in [6, 6.07) is 5.73. The second-order valence-corrected chi connectivity index (χ2v) is 7.29. The minimum atomic E-state index is -0.103. The van der Waals surface area contributed by atoms with Crippen molar-refractivity contribution in [2.75, 3.05) is 5.32 Å². The van der Waals surface area contributed by atoms with E-state index in [9.17, 15) is 4.79 Å². The van der Waals surface area contributed by atoms with Gasteiger partial charge < -0.3 is 11.1 Å². The van der Waals surface area contributed by atoms with Crippen LogP contribution in [0.4, 0.5) is 5.69 Å². The standard InChI is InChI=1S/C17H25ClN2O/c1-10-5-6-12(18)9-15(10)20-16(21)13-7-8-14(19)11(2)17(13,3)4/h5-6,9,11,13-14H,7-8,19H2,1-4H3,(H,20,21). The largest absolute Gasteiger partial charge is 0.327 e. The zero-order chi connectivity index (χ0) is 15.8. The number of carbonyl (C=O) groups is 1. The van der Waals surface area contributed by atoms with Crippen LogP contribution in [0.5, 0.6) is 0 Å². The molecule has 3 nitrogen and oxygen atoms in total. The molecule has 1 saturated carbocycles. The summed E-state index contributed by atoms with van der Waals surface area (Å²) < 4.78 is 0. The Bertz CT molecular complexity index is 542. The third kappa shape index (κ3) is 3.24. The second kappa shape index (κ2) is 5.98. The number of nitrogens with two attached hydrogens (primary N) is 1. The Morgan fingerprint density at radius 2 is 2.05 bits per heavy atom. The molecule has 0 aliphatic heterocycles. The number of nitrogens with one attached hydrogen (secondary N) is 1. The normalized spacial score (nSPS) is 28.2. The summed E-state index contributed by atoms with van der Waals surface area (Å²) in [5.74, 6) is 0.372. The van der Waals surface area contributed by atoms with Crippen LogP contribution in [0.2, 0.25) is 5.02 Å². The van der Waals surface area contributed by atoms with Crippen LogP contribution in [-0.4, -0.2) is 11.9 Å². The molecule has 0 radical (unpaired) electrons. The quantitative estimate of drug-likeness (QED) is 0.868. The van der Waals surface area contributed by atoms with Crippen molar-refractivity contribution in [3.8, 4) is 0 Å². The van der Waals surface area contributed by atoms with Gasteiger partial charge in [0.05, 0.1) is 0 Å². The molecule has 0 spiro atoms. The number of hydrogen-bond donors (Lipinski definition) is 2. The molecule has 21 heavy (non-hydrogen) atoms. The fraction of sp³-hybridized carbons (Fsp3) is 0.588. The summed E-state index contributed by atoms with van der Waals surface area (Å²) in [4.78, 5) is 12.7. The Morgan fingerprint density at radius 3 is 2.71 bits per heavy atom. The van der Waals surface area contributed by atoms with Gasteiger partial charge >= 0.3 is 0 Å². The topological polar surface area (TPSA) is 55.1 Å². The molecule has 0 heterocycles. The van der Waals surface area contributed by atoms with E-state index in [4.69, 9.17) is 17.3 Å². The van der Waals surface area contributed by atoms with Gasteiger partial charge in [-0.2, -0.15) is 0 Å². The zero-order valence-corrected chi connectivity index (χ0v) is 14.0. The summed E-state index contributed by atoms with van der Waals surface area (Å²) in [5, 5.41) is 3.68. The highest BCUT2D eigenvalue weighted by Gasteiger charge is 2.45. The van der Waals surface area contributed by atoms with Gasteiger partial charge in [0.1, 0.15) is 0 Å². The molecular weight excluding hydrogens is 284 g/mol. The summed E-state index contributed by atoms with van der Waals surface area (Å²) >= 11 is 6.02. The van der Waals surface area contributed by atoms with Crippen molar-refractivity contribution in [3.63, 3.8) is 0 Å². The average molecular weight is 309 g/mol. The van der Waals surface area contributed by atoms with Crippen molar-refractivity contribution in [2.24, 2.45) is 23.0 Å². The number of halogens is 1. The van der Waals surface area contributed by atoms with E-state index in [1.807, 2.05) is 19.1 Å². The Balaban J connectivity index is 2.18. The third-order valence-corrected chi connectivity index (χ3v) is 5.51. The van der Waals surface area contributed by atoms with Gasteiger partial charge in [0.15, 0.2) is 0 Å². The lowest BCUT2D eigenvalue weighted by atomic mass is 9.61. The number of benzene rings is 1. The molecule has 0 bridgehead atoms. The van der Waals surface area contributed by atoms with Crippen LogP contribution in [-0.2, 0) is 4.79 Å². The molecule has 4 heteroatoms. The first kappa shape index (κ1) is 16.3. The summed E-state index contributed by atoms with van der Waals surface area (Å²) in [5.41, 5.74) is 7.88. The smallest absolute Gasteiger partial charge is 0.228 e. The highest BCUT2D eigenvalue weighted by atomic mass is 35.5. The van der Waals surface area contributed by atoms with Gasteiger partial charge in [-0.3, -0.25) is 4.79 Å². The van der Waals surface area contributed by atoms with Crippen molar-refractivity contribution < 1.29 is 4.79 Å². The fourth-order valence-electron chi connectivity index (χ4n) is 3.27. The van der Waals surface area contributed by atoms with Crippen LogP contribution in [0.25, 0.3) is 0 Å². The molecule has 116 valence electrons. The van der Waals surface area contributed by atoms with E-state index >= 15 is 0 Å². The van der Waals surface area contributed by atoms with Crippen LogP contribution in [0.1, 0.15) is 39.2 Å². The van der Waals surface area contributed by atoms with E-state index in [-0.39, 0.29) is 23.3 Å². The van der Waals surface area contributed by atoms with E-state index in [0.717, 1.165) is 24.1 Å². The molecule has 1 aromatic carbocycles.